The third-order valence-electron chi connectivity index (χ3n) is 6.74. The van der Waals surface area contributed by atoms with Crippen molar-refractivity contribution in [1.82, 2.24) is 0 Å². The van der Waals surface area contributed by atoms with Crippen LogP contribution in [0.1, 0.15) is 60.8 Å². The molecule has 2 aromatic rings. The highest BCUT2D eigenvalue weighted by molar-refractivity contribution is 6.99. The van der Waals surface area contributed by atoms with E-state index in [4.69, 9.17) is 14.0 Å². The first-order valence-electron chi connectivity index (χ1n) is 12.4. The first-order chi connectivity index (χ1) is 16.2. The molecule has 0 saturated carbocycles. The lowest BCUT2D eigenvalue weighted by Crippen LogP contribution is -2.69. The number of esters is 1. The average molecular weight is 482 g/mol. The zero-order chi connectivity index (χ0) is 24.8. The third-order valence-corrected chi connectivity index (χ3v) is 11.8. The van der Waals surface area contributed by atoms with Crippen LogP contribution >= 0.6 is 0 Å². The monoisotopic (exact) mass is 481 g/mol. The summed E-state index contributed by atoms with van der Waals surface area (Å²) in [6, 6.07) is 20.9. The molecule has 6 heteroatoms. The van der Waals surface area contributed by atoms with Gasteiger partial charge in [0.2, 0.25) is 0 Å². The van der Waals surface area contributed by atoms with E-state index < -0.39 is 20.4 Å². The van der Waals surface area contributed by atoms with Crippen molar-refractivity contribution in [3.05, 3.63) is 60.7 Å². The molecule has 0 N–H and O–H groups in total. The van der Waals surface area contributed by atoms with Gasteiger partial charge in [0.25, 0.3) is 8.32 Å². The molecule has 0 aromatic heterocycles. The zero-order valence-electron chi connectivity index (χ0n) is 21.4. The molecular formula is C28H39NO4Si. The molecule has 0 unspecified atom stereocenters. The number of ether oxygens (including phenoxy) is 1. The highest BCUT2D eigenvalue weighted by Gasteiger charge is 2.55. The molecule has 0 fully saturated rings. The summed E-state index contributed by atoms with van der Waals surface area (Å²) in [6.45, 7) is 13.2. The van der Waals surface area contributed by atoms with Crippen molar-refractivity contribution in [1.29, 1.82) is 0 Å². The van der Waals surface area contributed by atoms with Crippen LogP contribution in [0.5, 0.6) is 0 Å². The van der Waals surface area contributed by atoms with Gasteiger partial charge in [-0.2, -0.15) is 0 Å². The number of hydrogen-bond acceptors (Lipinski definition) is 5. The lowest BCUT2D eigenvalue weighted by molar-refractivity contribution is -0.135. The van der Waals surface area contributed by atoms with Crippen LogP contribution < -0.4 is 10.4 Å². The Morgan fingerprint density at radius 3 is 2.06 bits per heavy atom. The van der Waals surface area contributed by atoms with Crippen LogP contribution in [0.15, 0.2) is 65.8 Å². The molecule has 34 heavy (non-hydrogen) atoms. The smallest absolute Gasteiger partial charge is 0.358 e. The molecule has 1 aliphatic rings. The summed E-state index contributed by atoms with van der Waals surface area (Å²) in [5, 5.41) is 6.30. The molecule has 0 spiro atoms. The van der Waals surface area contributed by atoms with Gasteiger partial charge in [-0.1, -0.05) is 107 Å². The van der Waals surface area contributed by atoms with Gasteiger partial charge in [-0.05, 0) is 41.1 Å². The first kappa shape index (κ1) is 26.2. The van der Waals surface area contributed by atoms with E-state index in [9.17, 15) is 4.79 Å². The van der Waals surface area contributed by atoms with Crippen molar-refractivity contribution >= 4 is 30.4 Å². The quantitative estimate of drug-likeness (QED) is 0.351. The van der Waals surface area contributed by atoms with Crippen LogP contribution in [-0.2, 0) is 18.8 Å². The molecule has 0 radical (unpaired) electrons. The van der Waals surface area contributed by atoms with Gasteiger partial charge >= 0.3 is 5.97 Å². The maximum atomic E-state index is 12.9. The van der Waals surface area contributed by atoms with Gasteiger partial charge < -0.3 is 14.0 Å². The second-order valence-electron chi connectivity index (χ2n) is 10.1. The molecule has 0 amide bonds. The molecule has 1 heterocycles. The molecule has 3 atom stereocenters. The zero-order valence-corrected chi connectivity index (χ0v) is 22.4. The Kier molecular flexibility index (Phi) is 8.71. The van der Waals surface area contributed by atoms with Crippen LogP contribution in [0.25, 0.3) is 0 Å². The fourth-order valence-corrected chi connectivity index (χ4v) is 9.30. The molecule has 184 valence electrons. The summed E-state index contributed by atoms with van der Waals surface area (Å²) in [5.74, 6) is 0.0974. The second-order valence-corrected chi connectivity index (χ2v) is 14.4. The van der Waals surface area contributed by atoms with Crippen molar-refractivity contribution in [2.75, 3.05) is 6.61 Å². The molecule has 0 saturated heterocycles. The summed E-state index contributed by atoms with van der Waals surface area (Å²) in [4.78, 5) is 18.8. The van der Waals surface area contributed by atoms with Crippen LogP contribution in [0.2, 0.25) is 5.04 Å². The van der Waals surface area contributed by atoms with Crippen molar-refractivity contribution in [2.24, 2.45) is 11.1 Å². The summed E-state index contributed by atoms with van der Waals surface area (Å²) in [6.07, 6.45) is 1.93. The predicted octanol–water partition coefficient (Wildman–Crippen LogP) is 5.08. The number of carbonyl (C=O) groups excluding carboxylic acids is 1. The largest absolute Gasteiger partial charge is 0.461 e. The van der Waals surface area contributed by atoms with Crippen molar-refractivity contribution < 1.29 is 18.8 Å². The molecule has 2 aromatic carbocycles. The maximum Gasteiger partial charge on any atom is 0.358 e. The summed E-state index contributed by atoms with van der Waals surface area (Å²) in [5.41, 5.74) is 0.240. The van der Waals surface area contributed by atoms with Gasteiger partial charge in [0, 0.05) is 0 Å². The standard InChI is InChI=1S/C28H39NO4Si/c1-7-21(3)19-20-24-26(25(29-32-24)27(30)31-8-2)33-34(28(4,5)6,22-15-11-9-12-16-22)23-17-13-10-14-18-23/h9-18,21,24,26H,7-8,19-20H2,1-6H3/t21-,24-,26-/m0/s1. The van der Waals surface area contributed by atoms with Gasteiger partial charge in [0.05, 0.1) is 6.61 Å². The Labute approximate surface area is 205 Å². The predicted molar refractivity (Wildman–Crippen MR) is 140 cm³/mol. The number of benzene rings is 2. The van der Waals surface area contributed by atoms with Crippen LogP contribution in [0, 0.1) is 5.92 Å². The molecule has 0 aliphatic carbocycles. The second kappa shape index (κ2) is 11.3. The van der Waals surface area contributed by atoms with Crippen molar-refractivity contribution in [3.63, 3.8) is 0 Å². The number of oxime groups is 1. The third kappa shape index (κ3) is 5.44. The van der Waals surface area contributed by atoms with E-state index in [1.54, 1.807) is 6.92 Å². The molecule has 0 bridgehead atoms. The Morgan fingerprint density at radius 2 is 1.59 bits per heavy atom. The van der Waals surface area contributed by atoms with Gasteiger partial charge in [0.1, 0.15) is 6.10 Å². The maximum absolute atomic E-state index is 12.9. The number of carbonyl (C=O) groups is 1. The summed E-state index contributed by atoms with van der Waals surface area (Å²) in [7, 11) is -2.90. The highest BCUT2D eigenvalue weighted by Crippen LogP contribution is 2.39. The van der Waals surface area contributed by atoms with Gasteiger partial charge in [-0.15, -0.1) is 0 Å². The van der Waals surface area contributed by atoms with E-state index in [0.717, 1.165) is 29.6 Å². The minimum Gasteiger partial charge on any atom is -0.461 e. The topological polar surface area (TPSA) is 57.1 Å². The van der Waals surface area contributed by atoms with E-state index in [1.165, 1.54) is 0 Å². The normalized spacial score (nSPS) is 19.3. The number of nitrogens with zero attached hydrogens (tertiary/aromatic N) is 1. The van der Waals surface area contributed by atoms with Crippen molar-refractivity contribution in [3.8, 4) is 0 Å². The van der Waals surface area contributed by atoms with E-state index >= 15 is 0 Å². The fraction of sp³-hybridized carbons (Fsp3) is 0.500. The Hall–Kier alpha value is -2.44. The van der Waals surface area contributed by atoms with E-state index in [-0.39, 0.29) is 23.5 Å². The SMILES string of the molecule is CCOC(=O)C1=NO[C@@H](CC[C@@H](C)CC)[C@@H]1O[Si](c1ccccc1)(c1ccccc1)C(C)(C)C. The Balaban J connectivity index is 2.12. The highest BCUT2D eigenvalue weighted by atomic mass is 28.4. The number of rotatable bonds is 10. The summed E-state index contributed by atoms with van der Waals surface area (Å²) >= 11 is 0. The average Bonchev–Trinajstić information content (AvgIpc) is 3.23. The number of hydrogen-bond donors (Lipinski definition) is 0. The summed E-state index contributed by atoms with van der Waals surface area (Å²) < 4.78 is 12.6. The molecule has 3 rings (SSSR count). The van der Waals surface area contributed by atoms with E-state index in [0.29, 0.717) is 5.92 Å². The fourth-order valence-electron chi connectivity index (χ4n) is 4.64. The molecule has 1 aliphatic heterocycles. The van der Waals surface area contributed by atoms with Crippen LogP contribution in [0.4, 0.5) is 0 Å². The van der Waals surface area contributed by atoms with Crippen molar-refractivity contribution in [2.45, 2.75) is 78.1 Å². The van der Waals surface area contributed by atoms with Gasteiger partial charge in [-0.3, -0.25) is 0 Å². The van der Waals surface area contributed by atoms with Crippen LogP contribution in [-0.4, -0.2) is 38.8 Å². The lowest BCUT2D eigenvalue weighted by Gasteiger charge is -2.45. The Morgan fingerprint density at radius 1 is 1.03 bits per heavy atom. The van der Waals surface area contributed by atoms with Gasteiger partial charge in [-0.25, -0.2) is 4.79 Å². The van der Waals surface area contributed by atoms with E-state index in [2.05, 4.69) is 88.3 Å². The first-order valence-corrected chi connectivity index (χ1v) is 14.3. The minimum atomic E-state index is -2.90. The van der Waals surface area contributed by atoms with Gasteiger partial charge in [0.15, 0.2) is 11.8 Å². The lowest BCUT2D eigenvalue weighted by atomic mass is 9.97. The van der Waals surface area contributed by atoms with Crippen LogP contribution in [0.3, 0.4) is 0 Å². The molecular weight excluding hydrogens is 442 g/mol. The molecule has 5 nitrogen and oxygen atoms in total. The van der Waals surface area contributed by atoms with E-state index in [1.807, 2.05) is 12.1 Å². The Bertz CT molecular complexity index is 916. The minimum absolute atomic E-state index is 0.223.